The van der Waals surface area contributed by atoms with Crippen molar-refractivity contribution in [2.75, 3.05) is 0 Å². The first-order valence-electron chi connectivity index (χ1n) is 41.8. The van der Waals surface area contributed by atoms with E-state index in [1.807, 2.05) is 85.3 Å². The number of benzene rings is 16. The molecule has 576 valence electrons. The van der Waals surface area contributed by atoms with Crippen LogP contribution in [0.3, 0.4) is 0 Å². The highest BCUT2D eigenvalue weighted by Crippen LogP contribution is 2.54. The van der Waals surface area contributed by atoms with Crippen molar-refractivity contribution in [3.05, 3.63) is 447 Å². The minimum atomic E-state index is -0.107. The van der Waals surface area contributed by atoms with E-state index in [1.54, 1.807) is 0 Å². The molecule has 6 heteroatoms. The maximum absolute atomic E-state index is 5.14. The Kier molecular flexibility index (Phi) is 18.9. The van der Waals surface area contributed by atoms with Crippen molar-refractivity contribution in [2.45, 2.75) is 38.5 Å². The van der Waals surface area contributed by atoms with E-state index in [4.69, 9.17) is 24.9 Å². The van der Waals surface area contributed by atoms with Crippen LogP contribution in [0.5, 0.6) is 0 Å². The first-order valence-corrected chi connectivity index (χ1v) is 41.8. The number of nitrogens with zero attached hydrogens (tertiary/aromatic N) is 6. The minimum absolute atomic E-state index is 0.0892. The molecule has 2 aliphatic rings. The predicted octanol–water partition coefficient (Wildman–Crippen LogP) is 30.0. The number of pyridine rings is 2. The third-order valence-corrected chi connectivity index (χ3v) is 24.7. The molecule has 2 aliphatic carbocycles. The van der Waals surface area contributed by atoms with Gasteiger partial charge in [-0.2, -0.15) is 0 Å². The lowest BCUT2D eigenvalue weighted by Crippen LogP contribution is -2.15. The molecular weight excluding hydrogens is 1480 g/mol. The van der Waals surface area contributed by atoms with Crippen molar-refractivity contribution in [2.24, 2.45) is 0 Å². The minimum Gasteiger partial charge on any atom is -0.265 e. The molecule has 0 radical (unpaired) electrons. The first-order chi connectivity index (χ1) is 59.9. The number of hydrogen-bond donors (Lipinski definition) is 0. The Morgan fingerprint density at radius 3 is 1.02 bits per heavy atom. The second-order valence-corrected chi connectivity index (χ2v) is 32.9. The fraction of sp³-hybridized carbons (Fsp3) is 0.0517. The summed E-state index contributed by atoms with van der Waals surface area (Å²) in [6.07, 6.45) is 5.56. The number of rotatable bonds is 14. The number of fused-ring (bicyclic) bond motifs is 10. The molecule has 16 aromatic carbocycles. The van der Waals surface area contributed by atoms with Gasteiger partial charge in [0.25, 0.3) is 0 Å². The van der Waals surface area contributed by atoms with E-state index >= 15 is 0 Å². The van der Waals surface area contributed by atoms with Crippen molar-refractivity contribution in [1.82, 2.24) is 29.9 Å². The molecule has 0 saturated heterocycles. The van der Waals surface area contributed by atoms with Crippen molar-refractivity contribution < 1.29 is 0 Å². The molecular formula is C116H82N6. The molecule has 0 fully saturated rings. The van der Waals surface area contributed by atoms with Gasteiger partial charge in [-0.3, -0.25) is 9.97 Å². The highest BCUT2D eigenvalue weighted by molar-refractivity contribution is 6.03. The van der Waals surface area contributed by atoms with Crippen LogP contribution in [0.2, 0.25) is 0 Å². The number of hydrogen-bond acceptors (Lipinski definition) is 6. The lowest BCUT2D eigenvalue weighted by Gasteiger charge is -2.23. The molecule has 0 unspecified atom stereocenters. The summed E-state index contributed by atoms with van der Waals surface area (Å²) in [4.78, 5) is 29.4. The van der Waals surface area contributed by atoms with Crippen LogP contribution < -0.4 is 0 Å². The van der Waals surface area contributed by atoms with E-state index in [-0.39, 0.29) is 10.8 Å². The van der Waals surface area contributed by atoms with Gasteiger partial charge in [0.1, 0.15) is 0 Å². The van der Waals surface area contributed by atoms with Crippen LogP contribution in [0, 0.1) is 0 Å². The summed E-state index contributed by atoms with van der Waals surface area (Å²) in [6, 6.07) is 145. The van der Waals surface area contributed by atoms with Gasteiger partial charge in [-0.1, -0.05) is 349 Å². The van der Waals surface area contributed by atoms with Crippen molar-refractivity contribution in [3.63, 3.8) is 0 Å². The topological polar surface area (TPSA) is 77.3 Å². The zero-order valence-electron chi connectivity index (χ0n) is 68.1. The Labute approximate surface area is 711 Å². The average Bonchev–Trinajstić information content (AvgIpc) is 1.57. The van der Waals surface area contributed by atoms with Gasteiger partial charge >= 0.3 is 0 Å². The quantitative estimate of drug-likeness (QED) is 0.108. The normalized spacial score (nSPS) is 12.6. The van der Waals surface area contributed by atoms with Crippen LogP contribution in [0.15, 0.2) is 425 Å². The maximum Gasteiger partial charge on any atom is 0.160 e. The zero-order valence-corrected chi connectivity index (χ0v) is 68.1. The Hall–Kier alpha value is -15.5. The van der Waals surface area contributed by atoms with Crippen LogP contribution >= 0.6 is 0 Å². The largest absolute Gasteiger partial charge is 0.265 e. The fourth-order valence-electron chi connectivity index (χ4n) is 18.3. The Morgan fingerprint density at radius 2 is 0.533 bits per heavy atom. The SMILES string of the molecule is CC1(C)c2cc(-c3cccc(-c4cccc(-c5cccc(-c6cc(-c7ccc(-c8ccccc8)nc7)nc(-c7ccccc7)n6)c5)c4)c3)ccc2-c2ccc3ccccc3c21.CC1(C)c2cc(-c3cccc(-c4cccc(-c5cccc(-c6cc(-c7ccc(-c8ccncc8)cc7)nc(-c7ccccc7)n6)c5)c4)c3)ccc2-c2c1ccc1ccccc21. The first kappa shape index (κ1) is 74.1. The molecule has 20 aromatic rings. The van der Waals surface area contributed by atoms with Gasteiger partial charge < -0.3 is 0 Å². The van der Waals surface area contributed by atoms with Gasteiger partial charge in [-0.25, -0.2) is 19.9 Å². The highest BCUT2D eigenvalue weighted by Gasteiger charge is 2.39. The molecule has 0 atom stereocenters. The fourth-order valence-corrected chi connectivity index (χ4v) is 18.3. The molecule has 4 heterocycles. The zero-order chi connectivity index (χ0) is 81.8. The third-order valence-electron chi connectivity index (χ3n) is 24.7. The van der Waals surface area contributed by atoms with Gasteiger partial charge in [0.05, 0.1) is 28.5 Å². The average molecular weight is 1560 g/mol. The van der Waals surface area contributed by atoms with Crippen molar-refractivity contribution in [3.8, 4) is 179 Å². The van der Waals surface area contributed by atoms with Crippen molar-refractivity contribution >= 4 is 21.5 Å². The van der Waals surface area contributed by atoms with Crippen LogP contribution in [0.4, 0.5) is 0 Å². The molecule has 0 saturated carbocycles. The Morgan fingerprint density at radius 1 is 0.197 bits per heavy atom. The predicted molar refractivity (Wildman–Crippen MR) is 506 cm³/mol. The van der Waals surface area contributed by atoms with E-state index in [9.17, 15) is 0 Å². The molecule has 4 aromatic heterocycles. The highest BCUT2D eigenvalue weighted by atomic mass is 14.9. The van der Waals surface area contributed by atoms with E-state index in [1.165, 1.54) is 111 Å². The second-order valence-electron chi connectivity index (χ2n) is 32.9. The summed E-state index contributed by atoms with van der Waals surface area (Å²) in [5.41, 5.74) is 38.7. The standard InChI is InChI=1S/2C58H41N3/c1-58(2)52-35-46(27-29-50(52)51-30-26-38-14-9-10-25-49(38)56(51)58)44-22-12-20-42(33-44)41-19-11-21-43(32-41)45-23-13-24-47(34-45)54-36-55(61-57(60-54)40-17-7-4-8-18-40)48-28-31-53(59-37-48)39-15-5-3-6-16-39;1-58(2)52-28-26-40-11-6-7-20-50(40)56(52)51-27-25-48(36-53(51)58)46-17-9-15-44(34-46)43-14-8-16-45(33-43)47-18-10-19-49(35-47)55-37-54(60-57(61-55)42-12-4-3-5-13-42)41-23-21-38(22-24-41)39-29-31-59-32-30-39/h2*3-37H,1-2H3. The summed E-state index contributed by atoms with van der Waals surface area (Å²) >= 11 is 0. The van der Waals surface area contributed by atoms with Crippen LogP contribution in [-0.2, 0) is 10.8 Å². The lowest BCUT2D eigenvalue weighted by atomic mass is 9.79. The summed E-state index contributed by atoms with van der Waals surface area (Å²) < 4.78 is 0. The van der Waals surface area contributed by atoms with E-state index in [2.05, 4.69) is 372 Å². The second kappa shape index (κ2) is 31.1. The molecule has 0 aliphatic heterocycles. The van der Waals surface area contributed by atoms with Gasteiger partial charge in [0.15, 0.2) is 11.6 Å². The van der Waals surface area contributed by atoms with Gasteiger partial charge in [0, 0.05) is 68.4 Å². The van der Waals surface area contributed by atoms with Gasteiger partial charge in [0.2, 0.25) is 0 Å². The maximum atomic E-state index is 5.14. The van der Waals surface area contributed by atoms with E-state index in [0.29, 0.717) is 11.6 Å². The summed E-state index contributed by atoms with van der Waals surface area (Å²) in [5.74, 6) is 1.38. The van der Waals surface area contributed by atoms with Crippen LogP contribution in [0.1, 0.15) is 49.9 Å². The molecule has 0 amide bonds. The summed E-state index contributed by atoms with van der Waals surface area (Å²) in [6.45, 7) is 9.47. The van der Waals surface area contributed by atoms with Crippen molar-refractivity contribution in [1.29, 1.82) is 0 Å². The molecule has 22 rings (SSSR count). The van der Waals surface area contributed by atoms with E-state index in [0.717, 1.165) is 101 Å². The van der Waals surface area contributed by atoms with Crippen LogP contribution in [-0.4, -0.2) is 29.9 Å². The molecule has 0 N–H and O–H groups in total. The van der Waals surface area contributed by atoms with Gasteiger partial charge in [-0.05, 0) is 229 Å². The summed E-state index contributed by atoms with van der Waals surface area (Å²) in [7, 11) is 0. The Bertz CT molecular complexity index is 7400. The summed E-state index contributed by atoms with van der Waals surface area (Å²) in [5, 5.41) is 5.25. The monoisotopic (exact) mass is 1560 g/mol. The molecule has 0 spiro atoms. The lowest BCUT2D eigenvalue weighted by molar-refractivity contribution is 0.661. The third kappa shape index (κ3) is 14.0. The molecule has 6 nitrogen and oxygen atoms in total. The smallest absolute Gasteiger partial charge is 0.160 e. The number of aromatic nitrogens is 6. The Balaban J connectivity index is 0.000000150. The molecule has 0 bridgehead atoms. The van der Waals surface area contributed by atoms with Gasteiger partial charge in [-0.15, -0.1) is 0 Å². The van der Waals surface area contributed by atoms with Crippen LogP contribution in [0.25, 0.3) is 201 Å². The van der Waals surface area contributed by atoms with E-state index < -0.39 is 0 Å². The molecule has 122 heavy (non-hydrogen) atoms.